The van der Waals surface area contributed by atoms with E-state index in [1.54, 1.807) is 26.0 Å². The number of allylic oxidation sites excluding steroid dienone is 5. The third kappa shape index (κ3) is 11.2. The van der Waals surface area contributed by atoms with Crippen LogP contribution in [0.25, 0.3) is 17.1 Å². The first-order chi connectivity index (χ1) is 17.6. The van der Waals surface area contributed by atoms with E-state index in [0.29, 0.717) is 16.2 Å². The maximum atomic E-state index is 10.5. The molecule has 2 aromatic carbocycles. The average molecular weight is 507 g/mol. The predicted octanol–water partition coefficient (Wildman–Crippen LogP) is 8.87. The molecule has 37 heavy (non-hydrogen) atoms. The van der Waals surface area contributed by atoms with Crippen molar-refractivity contribution in [2.45, 2.75) is 92.9 Å². The number of aliphatic hydroxyl groups is 2. The number of hydrogen-bond acceptors (Lipinski definition) is 3. The Labute approximate surface area is 225 Å². The molecule has 3 rings (SSSR count). The quantitative estimate of drug-likeness (QED) is 0.355. The zero-order valence-electron chi connectivity index (χ0n) is 24.4. The molecule has 0 saturated carbocycles. The molecule has 0 saturated heterocycles. The van der Waals surface area contributed by atoms with E-state index >= 15 is 0 Å². The van der Waals surface area contributed by atoms with Crippen LogP contribution in [-0.4, -0.2) is 15.3 Å². The van der Waals surface area contributed by atoms with Crippen molar-refractivity contribution in [3.63, 3.8) is 0 Å². The lowest BCUT2D eigenvalue weighted by Gasteiger charge is -2.25. The summed E-state index contributed by atoms with van der Waals surface area (Å²) in [7, 11) is 0. The molecule has 1 aliphatic carbocycles. The van der Waals surface area contributed by atoms with Gasteiger partial charge in [0.1, 0.15) is 5.75 Å². The van der Waals surface area contributed by atoms with Gasteiger partial charge in [-0.05, 0) is 50.5 Å². The summed E-state index contributed by atoms with van der Waals surface area (Å²) >= 11 is 0. The number of para-hydroxylation sites is 1. The first kappa shape index (κ1) is 33.8. The van der Waals surface area contributed by atoms with Gasteiger partial charge in [-0.1, -0.05) is 115 Å². The summed E-state index contributed by atoms with van der Waals surface area (Å²) < 4.78 is 0. The van der Waals surface area contributed by atoms with E-state index in [2.05, 4.69) is 52.5 Å². The average Bonchev–Trinajstić information content (AvgIpc) is 2.91. The van der Waals surface area contributed by atoms with Crippen LogP contribution in [0.15, 0.2) is 73.3 Å². The molecule has 0 fully saturated rings. The Morgan fingerprint density at radius 1 is 0.919 bits per heavy atom. The summed E-state index contributed by atoms with van der Waals surface area (Å²) in [5.74, 6) is 0.889. The molecule has 0 aliphatic heterocycles. The van der Waals surface area contributed by atoms with Crippen molar-refractivity contribution < 1.29 is 15.3 Å². The topological polar surface area (TPSA) is 60.7 Å². The predicted molar refractivity (Wildman–Crippen MR) is 163 cm³/mol. The molecular weight excluding hydrogens is 456 g/mol. The lowest BCUT2D eigenvalue weighted by Crippen LogP contribution is -2.27. The highest BCUT2D eigenvalue weighted by Gasteiger charge is 2.23. The SMILES string of the molecule is C/C(O)=c1/cccc/c1=C(/C)O.C=CCCC.CC.CCC(C)(C)c1cccc(C2=CCCC=C2)c1O. The minimum atomic E-state index is 0.0129. The van der Waals surface area contributed by atoms with Gasteiger partial charge in [-0.25, -0.2) is 0 Å². The number of rotatable bonds is 5. The van der Waals surface area contributed by atoms with E-state index in [1.807, 2.05) is 50.3 Å². The third-order valence-electron chi connectivity index (χ3n) is 6.15. The Bertz CT molecular complexity index is 1090. The fraction of sp³-hybridized carbons (Fsp3) is 0.412. The van der Waals surface area contributed by atoms with E-state index in [4.69, 9.17) is 0 Å². The first-order valence-corrected chi connectivity index (χ1v) is 13.6. The van der Waals surface area contributed by atoms with E-state index in [0.717, 1.165) is 42.4 Å². The zero-order chi connectivity index (χ0) is 28.4. The van der Waals surface area contributed by atoms with Gasteiger partial charge < -0.3 is 15.3 Å². The molecule has 3 nitrogen and oxygen atoms in total. The molecule has 204 valence electrons. The molecule has 0 spiro atoms. The summed E-state index contributed by atoms with van der Waals surface area (Å²) in [6.45, 7) is 19.4. The molecule has 0 atom stereocenters. The molecule has 0 heterocycles. The fourth-order valence-corrected chi connectivity index (χ4v) is 3.64. The van der Waals surface area contributed by atoms with Crippen LogP contribution < -0.4 is 10.4 Å². The summed E-state index contributed by atoms with van der Waals surface area (Å²) in [6.07, 6.45) is 14.0. The van der Waals surface area contributed by atoms with Crippen molar-refractivity contribution in [2.75, 3.05) is 0 Å². The van der Waals surface area contributed by atoms with Crippen molar-refractivity contribution in [1.29, 1.82) is 0 Å². The maximum Gasteiger partial charge on any atom is 0.127 e. The second kappa shape index (κ2) is 18.1. The zero-order valence-corrected chi connectivity index (χ0v) is 24.4. The van der Waals surface area contributed by atoms with E-state index < -0.39 is 0 Å². The number of phenolic OH excluding ortho intramolecular Hbond substituents is 1. The normalized spacial score (nSPS) is 13.8. The Hall–Kier alpha value is -3.20. The number of hydrogen-bond donors (Lipinski definition) is 3. The Balaban J connectivity index is 0.000000588. The molecule has 3 N–H and O–H groups in total. The summed E-state index contributed by atoms with van der Waals surface area (Å²) in [5, 5.41) is 30.4. The van der Waals surface area contributed by atoms with Gasteiger partial charge in [0.05, 0.1) is 11.5 Å². The molecule has 0 unspecified atom stereocenters. The van der Waals surface area contributed by atoms with Gasteiger partial charge in [-0.15, -0.1) is 6.58 Å². The van der Waals surface area contributed by atoms with Crippen LogP contribution in [0.4, 0.5) is 0 Å². The number of aliphatic hydroxyl groups excluding tert-OH is 2. The number of phenols is 1. The summed E-state index contributed by atoms with van der Waals surface area (Å²) in [6, 6.07) is 13.3. The van der Waals surface area contributed by atoms with Gasteiger partial charge in [-0.2, -0.15) is 0 Å². The second-order valence-corrected chi connectivity index (χ2v) is 9.37. The van der Waals surface area contributed by atoms with Crippen LogP contribution in [0.5, 0.6) is 5.75 Å². The molecule has 0 radical (unpaired) electrons. The van der Waals surface area contributed by atoms with Crippen LogP contribution in [-0.2, 0) is 5.41 Å². The number of benzene rings is 2. The van der Waals surface area contributed by atoms with Crippen molar-refractivity contribution in [2.24, 2.45) is 0 Å². The van der Waals surface area contributed by atoms with Crippen molar-refractivity contribution >= 4 is 17.1 Å². The Morgan fingerprint density at radius 3 is 1.86 bits per heavy atom. The largest absolute Gasteiger partial charge is 0.512 e. The molecule has 0 aromatic heterocycles. The third-order valence-corrected chi connectivity index (χ3v) is 6.15. The van der Waals surface area contributed by atoms with E-state index in [1.165, 1.54) is 6.42 Å². The van der Waals surface area contributed by atoms with Crippen LogP contribution in [0.2, 0.25) is 0 Å². The van der Waals surface area contributed by atoms with Gasteiger partial charge in [0.25, 0.3) is 0 Å². The van der Waals surface area contributed by atoms with Crippen LogP contribution in [0, 0.1) is 0 Å². The number of unbranched alkanes of at least 4 members (excludes halogenated alkanes) is 1. The van der Waals surface area contributed by atoms with Crippen molar-refractivity contribution in [3.8, 4) is 5.75 Å². The Kier molecular flexibility index (Phi) is 16.5. The van der Waals surface area contributed by atoms with Crippen LogP contribution >= 0.6 is 0 Å². The summed E-state index contributed by atoms with van der Waals surface area (Å²) in [4.78, 5) is 0. The number of aromatic hydroxyl groups is 1. The van der Waals surface area contributed by atoms with Gasteiger partial charge in [0.2, 0.25) is 0 Å². The van der Waals surface area contributed by atoms with E-state index in [9.17, 15) is 15.3 Å². The Morgan fingerprint density at radius 2 is 1.49 bits per heavy atom. The standard InChI is InChI=1S/C17H22O.C10H12O2.C5H10.C2H6/c1-4-17(2,3)15-12-8-11-14(16(15)18)13-9-6-5-7-10-13;1-7(11)9-5-3-4-6-10(9)8(2)12;1-3-5-4-2;1-2/h6,8-12,18H,4-5,7H2,1-3H3;3-6,11-12H,1-2H3;3H,1,4-5H2,2H3;1-2H3/b;9-7+,10-8+;;. The molecular formula is C34H50O3. The van der Waals surface area contributed by atoms with Crippen molar-refractivity contribution in [3.05, 3.63) is 94.9 Å². The van der Waals surface area contributed by atoms with Gasteiger partial charge in [-0.3, -0.25) is 0 Å². The van der Waals surface area contributed by atoms with Gasteiger partial charge >= 0.3 is 0 Å². The molecule has 1 aliphatic rings. The van der Waals surface area contributed by atoms with Gasteiger partial charge in [0, 0.05) is 21.6 Å². The second-order valence-electron chi connectivity index (χ2n) is 9.37. The van der Waals surface area contributed by atoms with Crippen molar-refractivity contribution in [1.82, 2.24) is 0 Å². The monoisotopic (exact) mass is 506 g/mol. The molecule has 0 amide bonds. The maximum absolute atomic E-state index is 10.5. The molecule has 0 bridgehead atoms. The van der Waals surface area contributed by atoms with Gasteiger partial charge in [0.15, 0.2) is 0 Å². The smallest absolute Gasteiger partial charge is 0.127 e. The first-order valence-electron chi connectivity index (χ1n) is 13.6. The highest BCUT2D eigenvalue weighted by Crippen LogP contribution is 2.39. The van der Waals surface area contributed by atoms with Crippen LogP contribution in [0.3, 0.4) is 0 Å². The molecule has 2 aromatic rings. The van der Waals surface area contributed by atoms with E-state index in [-0.39, 0.29) is 16.9 Å². The highest BCUT2D eigenvalue weighted by atomic mass is 16.3. The molecule has 3 heteroatoms. The summed E-state index contributed by atoms with van der Waals surface area (Å²) in [5.41, 5.74) is 3.17. The minimum absolute atomic E-state index is 0.0129. The lowest BCUT2D eigenvalue weighted by molar-refractivity contribution is 0.427. The van der Waals surface area contributed by atoms with Crippen LogP contribution in [0.1, 0.15) is 98.6 Å². The lowest BCUT2D eigenvalue weighted by atomic mass is 9.80. The fourth-order valence-electron chi connectivity index (χ4n) is 3.64. The minimum Gasteiger partial charge on any atom is -0.512 e. The highest BCUT2D eigenvalue weighted by molar-refractivity contribution is 5.79.